The predicted octanol–water partition coefficient (Wildman–Crippen LogP) is 4.84. The minimum atomic E-state index is -3.46. The number of anilines is 2. The first-order chi connectivity index (χ1) is 16.9. The van der Waals surface area contributed by atoms with Crippen molar-refractivity contribution in [3.63, 3.8) is 0 Å². The van der Waals surface area contributed by atoms with Gasteiger partial charge in [0.1, 0.15) is 11.4 Å². The van der Waals surface area contributed by atoms with E-state index < -0.39 is 21.5 Å². The van der Waals surface area contributed by atoms with Gasteiger partial charge in [0.2, 0.25) is 0 Å². The zero-order valence-corrected chi connectivity index (χ0v) is 22.4. The van der Waals surface area contributed by atoms with Crippen molar-refractivity contribution in [1.29, 1.82) is 0 Å². The van der Waals surface area contributed by atoms with Crippen LogP contribution in [0.4, 0.5) is 16.2 Å². The van der Waals surface area contributed by atoms with Crippen LogP contribution >= 0.6 is 0 Å². The van der Waals surface area contributed by atoms with Crippen LogP contribution in [0.3, 0.4) is 0 Å². The predicted molar refractivity (Wildman–Crippen MR) is 143 cm³/mol. The fourth-order valence-corrected chi connectivity index (χ4v) is 4.40. The van der Waals surface area contributed by atoms with Gasteiger partial charge in [0, 0.05) is 29.9 Å². The first kappa shape index (κ1) is 27.0. The Balaban J connectivity index is 2.05. The van der Waals surface area contributed by atoms with E-state index in [-0.39, 0.29) is 17.2 Å². The summed E-state index contributed by atoms with van der Waals surface area (Å²) in [7, 11) is -2.05. The van der Waals surface area contributed by atoms with Gasteiger partial charge in [-0.05, 0) is 63.4 Å². The number of aryl methyl sites for hydroxylation is 1. The smallest absolute Gasteiger partial charge is 0.415 e. The van der Waals surface area contributed by atoms with Crippen molar-refractivity contribution >= 4 is 38.2 Å². The number of carbonyl (C=O) groups is 1. The second kappa shape index (κ2) is 10.5. The molecule has 1 aromatic heterocycles. The van der Waals surface area contributed by atoms with Crippen molar-refractivity contribution < 1.29 is 22.7 Å². The summed E-state index contributed by atoms with van der Waals surface area (Å²) in [5, 5.41) is 0.928. The lowest BCUT2D eigenvalue weighted by molar-refractivity contribution is 0.0584. The second-order valence-corrected chi connectivity index (χ2v) is 11.5. The van der Waals surface area contributed by atoms with Gasteiger partial charge in [-0.15, -0.1) is 0 Å². The Hall–Kier alpha value is -3.64. The molecule has 1 heterocycles. The van der Waals surface area contributed by atoms with Crippen molar-refractivity contribution in [3.05, 3.63) is 48.2 Å². The minimum Gasteiger partial charge on any atom is -0.495 e. The van der Waals surface area contributed by atoms with E-state index in [0.29, 0.717) is 11.4 Å². The number of nitrogens with two attached hydrogens (primary N) is 1. The number of benzene rings is 2. The summed E-state index contributed by atoms with van der Waals surface area (Å²) in [6.07, 6.45) is 1.41. The lowest BCUT2D eigenvalue weighted by Gasteiger charge is -2.27. The lowest BCUT2D eigenvalue weighted by atomic mass is 10.2. The molecule has 2 aromatic carbocycles. The summed E-state index contributed by atoms with van der Waals surface area (Å²) in [6.45, 7) is 8.16. The highest BCUT2D eigenvalue weighted by atomic mass is 32.2. The van der Waals surface area contributed by atoms with E-state index in [0.717, 1.165) is 35.8 Å². The van der Waals surface area contributed by atoms with Gasteiger partial charge in [-0.2, -0.15) is 0 Å². The van der Waals surface area contributed by atoms with Gasteiger partial charge in [0.25, 0.3) is 0 Å². The molecule has 0 fully saturated rings. The zero-order valence-electron chi connectivity index (χ0n) is 21.6. The third kappa shape index (κ3) is 6.13. The minimum absolute atomic E-state index is 0.00731. The van der Waals surface area contributed by atoms with Crippen LogP contribution < -0.4 is 15.4 Å². The molecule has 3 aromatic rings. The second-order valence-electron chi connectivity index (χ2n) is 9.44. The molecule has 0 aliphatic rings. The number of rotatable bonds is 6. The Morgan fingerprint density at radius 3 is 2.50 bits per heavy atom. The first-order valence-corrected chi connectivity index (χ1v) is 13.5. The lowest BCUT2D eigenvalue weighted by Crippen LogP contribution is -2.37. The number of amides is 1. The largest absolute Gasteiger partial charge is 0.495 e. The molecule has 1 amide bonds. The normalized spacial score (nSPS) is 11.6. The van der Waals surface area contributed by atoms with Crippen LogP contribution in [0, 0.1) is 11.8 Å². The highest BCUT2D eigenvalue weighted by Crippen LogP contribution is 2.32. The summed E-state index contributed by atoms with van der Waals surface area (Å²) in [5.74, 6) is 6.48. The molecule has 0 radical (unpaired) electrons. The molecule has 0 saturated carbocycles. The highest BCUT2D eigenvalue weighted by Gasteiger charge is 2.26. The molecular weight excluding hydrogens is 478 g/mol. The van der Waals surface area contributed by atoms with Crippen LogP contribution in [0.1, 0.15) is 39.8 Å². The Kier molecular flexibility index (Phi) is 7.89. The number of fused-ring (bicyclic) bond motifs is 1. The van der Waals surface area contributed by atoms with Gasteiger partial charge in [0.05, 0.1) is 35.4 Å². The fraction of sp³-hybridized carbons (Fsp3) is 0.370. The summed E-state index contributed by atoms with van der Waals surface area (Å²) >= 11 is 0. The molecule has 2 N–H and O–H groups in total. The van der Waals surface area contributed by atoms with E-state index in [4.69, 9.17) is 15.2 Å². The molecule has 0 atom stereocenters. The quantitative estimate of drug-likeness (QED) is 0.375. The van der Waals surface area contributed by atoms with E-state index in [2.05, 4.69) is 23.3 Å². The van der Waals surface area contributed by atoms with Gasteiger partial charge in [-0.3, -0.25) is 4.90 Å². The highest BCUT2D eigenvalue weighted by molar-refractivity contribution is 7.90. The number of aromatic nitrogens is 1. The summed E-state index contributed by atoms with van der Waals surface area (Å²) in [4.78, 5) is 14.6. The summed E-state index contributed by atoms with van der Waals surface area (Å²) in [5.41, 5.74) is 8.25. The molecule has 9 heteroatoms. The van der Waals surface area contributed by atoms with E-state index >= 15 is 0 Å². The van der Waals surface area contributed by atoms with Crippen molar-refractivity contribution in [2.24, 2.45) is 0 Å². The van der Waals surface area contributed by atoms with E-state index in [1.807, 2.05) is 24.3 Å². The maximum absolute atomic E-state index is 13.1. The number of nitrogen functional groups attached to an aromatic ring is 1. The van der Waals surface area contributed by atoms with Gasteiger partial charge in [-0.25, -0.2) is 13.2 Å². The molecule has 36 heavy (non-hydrogen) atoms. The third-order valence-corrected chi connectivity index (χ3v) is 6.47. The molecule has 8 nitrogen and oxygen atoms in total. The van der Waals surface area contributed by atoms with Crippen molar-refractivity contribution in [2.45, 2.75) is 51.2 Å². The summed E-state index contributed by atoms with van der Waals surface area (Å²) < 4.78 is 37.2. The topological polar surface area (TPSA) is 104 Å². The molecule has 0 aliphatic heterocycles. The van der Waals surface area contributed by atoms with Crippen LogP contribution in [0.15, 0.2) is 47.4 Å². The van der Waals surface area contributed by atoms with Gasteiger partial charge < -0.3 is 19.8 Å². The van der Waals surface area contributed by atoms with Crippen LogP contribution in [0.25, 0.3) is 10.9 Å². The zero-order chi connectivity index (χ0) is 26.7. The molecule has 0 bridgehead atoms. The molecule has 0 aliphatic carbocycles. The number of nitrogens with zero attached hydrogens (tertiary/aromatic N) is 2. The fourth-order valence-electron chi connectivity index (χ4n) is 3.76. The monoisotopic (exact) mass is 511 g/mol. The third-order valence-electron chi connectivity index (χ3n) is 5.36. The van der Waals surface area contributed by atoms with Gasteiger partial charge >= 0.3 is 6.09 Å². The number of hydrogen-bond acceptors (Lipinski definition) is 6. The molecule has 0 saturated heterocycles. The maximum atomic E-state index is 13.1. The Labute approximate surface area is 212 Å². The number of carbonyl (C=O) groups excluding carboxylic acids is 1. The van der Waals surface area contributed by atoms with Crippen molar-refractivity contribution in [2.75, 3.05) is 30.5 Å². The first-order valence-electron chi connectivity index (χ1n) is 11.6. The van der Waals surface area contributed by atoms with Gasteiger partial charge in [0.15, 0.2) is 9.84 Å². The molecule has 0 unspecified atom stereocenters. The van der Waals surface area contributed by atoms with E-state index in [1.54, 1.807) is 20.8 Å². The molecule has 192 valence electrons. The number of hydrogen-bond donors (Lipinski definition) is 1. The number of sulfone groups is 1. The van der Waals surface area contributed by atoms with Crippen molar-refractivity contribution in [1.82, 2.24) is 4.57 Å². The molecule has 0 spiro atoms. The molecular formula is C27H33N3O5S. The average molecular weight is 512 g/mol. The Bertz CT molecular complexity index is 1440. The molecule has 3 rings (SSSR count). The van der Waals surface area contributed by atoms with Crippen LogP contribution in [0.5, 0.6) is 5.75 Å². The maximum Gasteiger partial charge on any atom is 0.415 e. The van der Waals surface area contributed by atoms with Crippen LogP contribution in [0.2, 0.25) is 0 Å². The van der Waals surface area contributed by atoms with E-state index in [1.165, 1.54) is 30.2 Å². The SMILES string of the molecule is CCCn1c(C#CCN(C(=O)OC(C)(C)C)c2ccc(S(C)(=O)=O)cc2OC)cc2c(N)cccc21. The average Bonchev–Trinajstić information content (AvgIpc) is 3.13. The van der Waals surface area contributed by atoms with Crippen LogP contribution in [-0.4, -0.2) is 44.6 Å². The number of methoxy groups -OCH3 is 1. The summed E-state index contributed by atoms with van der Waals surface area (Å²) in [6, 6.07) is 12.1. The Morgan fingerprint density at radius 1 is 1.17 bits per heavy atom. The van der Waals surface area contributed by atoms with Crippen LogP contribution in [-0.2, 0) is 21.1 Å². The van der Waals surface area contributed by atoms with Crippen molar-refractivity contribution in [3.8, 4) is 17.6 Å². The van der Waals surface area contributed by atoms with Gasteiger partial charge in [-0.1, -0.05) is 18.9 Å². The van der Waals surface area contributed by atoms with E-state index in [9.17, 15) is 13.2 Å². The standard InChI is InChI=1S/C27H33N3O5S/c1-7-15-29-19(17-21-22(28)11-8-12-23(21)29)10-9-16-30(26(31)35-27(2,3)4)24-14-13-20(36(6,32)33)18-25(24)34-5/h8,11-14,17-18H,7,15-16,28H2,1-6H3. The number of ether oxygens (including phenoxy) is 2. The Morgan fingerprint density at radius 2 is 1.89 bits per heavy atom.